The predicted molar refractivity (Wildman–Crippen MR) is 72.0 cm³/mol. The van der Waals surface area contributed by atoms with Crippen molar-refractivity contribution < 1.29 is 14.3 Å². The molecule has 1 aliphatic rings. The minimum absolute atomic E-state index is 0.370. The van der Waals surface area contributed by atoms with Crippen LogP contribution in [-0.4, -0.2) is 37.8 Å². The van der Waals surface area contributed by atoms with Gasteiger partial charge in [0.1, 0.15) is 11.4 Å². The lowest BCUT2D eigenvalue weighted by atomic mass is 10.0. The van der Waals surface area contributed by atoms with Crippen LogP contribution in [0.5, 0.6) is 0 Å². The summed E-state index contributed by atoms with van der Waals surface area (Å²) in [5.74, 6) is 0.625. The minimum atomic E-state index is -0.436. The molecule has 1 aromatic rings. The molecule has 0 saturated carbocycles. The average molecular weight is 265 g/mol. The molecule has 0 amide bonds. The zero-order chi connectivity index (χ0) is 13.7. The molecule has 1 fully saturated rings. The van der Waals surface area contributed by atoms with Gasteiger partial charge in [0.05, 0.1) is 19.0 Å². The number of carbonyl (C=O) groups excluding carboxylic acids is 1. The number of hydrogen-bond acceptors (Lipinski definition) is 6. The lowest BCUT2D eigenvalue weighted by Crippen LogP contribution is -2.23. The zero-order valence-corrected chi connectivity index (χ0v) is 11.0. The summed E-state index contributed by atoms with van der Waals surface area (Å²) in [5, 5.41) is 3.20. The topological polar surface area (TPSA) is 86.5 Å². The number of hydrogen-bond donors (Lipinski definition) is 2. The van der Waals surface area contributed by atoms with Gasteiger partial charge in [0.25, 0.3) is 0 Å². The van der Waals surface area contributed by atoms with E-state index < -0.39 is 5.97 Å². The van der Waals surface area contributed by atoms with Gasteiger partial charge in [-0.2, -0.15) is 0 Å². The van der Waals surface area contributed by atoms with Gasteiger partial charge in [-0.1, -0.05) is 0 Å². The van der Waals surface area contributed by atoms with Gasteiger partial charge < -0.3 is 20.5 Å². The Morgan fingerprint density at radius 2 is 2.32 bits per heavy atom. The van der Waals surface area contributed by atoms with E-state index in [2.05, 4.69) is 10.3 Å². The molecule has 2 heterocycles. The highest BCUT2D eigenvalue weighted by Crippen LogP contribution is 2.19. The van der Waals surface area contributed by atoms with Gasteiger partial charge in [-0.15, -0.1) is 0 Å². The molecule has 1 aliphatic heterocycles. The lowest BCUT2D eigenvalue weighted by molar-refractivity contribution is 0.0600. The predicted octanol–water partition coefficient (Wildman–Crippen LogP) is 1.29. The Balaban J connectivity index is 2.04. The largest absolute Gasteiger partial charge is 0.465 e. The number of nitrogens with two attached hydrogens (primary N) is 1. The molecule has 0 bridgehead atoms. The van der Waals surface area contributed by atoms with Gasteiger partial charge in [-0.3, -0.25) is 0 Å². The van der Waals surface area contributed by atoms with Crippen LogP contribution in [0.25, 0.3) is 0 Å². The number of methoxy groups -OCH3 is 1. The molecule has 104 valence electrons. The van der Waals surface area contributed by atoms with Gasteiger partial charge in [-0.25, -0.2) is 9.78 Å². The van der Waals surface area contributed by atoms with E-state index in [1.165, 1.54) is 13.3 Å². The molecule has 0 aromatic carbocycles. The van der Waals surface area contributed by atoms with Crippen molar-refractivity contribution in [2.75, 3.05) is 37.9 Å². The van der Waals surface area contributed by atoms with Gasteiger partial charge in [-0.05, 0) is 24.8 Å². The summed E-state index contributed by atoms with van der Waals surface area (Å²) in [6, 6.07) is 1.57. The molecular weight excluding hydrogens is 246 g/mol. The number of nitrogen functional groups attached to an aromatic ring is 1. The van der Waals surface area contributed by atoms with E-state index in [9.17, 15) is 4.79 Å². The molecule has 0 spiro atoms. The third-order valence-electron chi connectivity index (χ3n) is 3.21. The van der Waals surface area contributed by atoms with Crippen molar-refractivity contribution in [1.29, 1.82) is 0 Å². The molecule has 1 aromatic heterocycles. The first-order valence-electron chi connectivity index (χ1n) is 6.36. The van der Waals surface area contributed by atoms with Crippen LogP contribution in [0.4, 0.5) is 11.5 Å². The summed E-state index contributed by atoms with van der Waals surface area (Å²) < 4.78 is 10.0. The van der Waals surface area contributed by atoms with Gasteiger partial charge in [0.2, 0.25) is 0 Å². The maximum absolute atomic E-state index is 11.7. The Labute approximate surface area is 112 Å². The molecule has 6 nitrogen and oxygen atoms in total. The highest BCUT2D eigenvalue weighted by Gasteiger charge is 2.17. The van der Waals surface area contributed by atoms with Crippen molar-refractivity contribution in [3.05, 3.63) is 17.8 Å². The van der Waals surface area contributed by atoms with E-state index in [1.807, 2.05) is 0 Å². The van der Waals surface area contributed by atoms with Crippen LogP contribution in [0.15, 0.2) is 12.3 Å². The molecular formula is C13H19N3O3. The number of nitrogens with one attached hydrogen (secondary N) is 1. The number of aromatic nitrogens is 1. The van der Waals surface area contributed by atoms with Gasteiger partial charge in [0, 0.05) is 19.8 Å². The lowest BCUT2D eigenvalue weighted by Gasteiger charge is -2.22. The zero-order valence-electron chi connectivity index (χ0n) is 11.0. The first-order chi connectivity index (χ1) is 9.20. The number of pyridine rings is 1. The van der Waals surface area contributed by atoms with E-state index in [0.717, 1.165) is 32.6 Å². The number of esters is 1. The Morgan fingerprint density at radius 1 is 1.58 bits per heavy atom. The number of rotatable bonds is 4. The highest BCUT2D eigenvalue weighted by molar-refractivity contribution is 5.95. The smallest absolute Gasteiger partial charge is 0.341 e. The number of ether oxygens (including phenoxy) is 2. The van der Waals surface area contributed by atoms with Crippen LogP contribution in [-0.2, 0) is 9.47 Å². The Hall–Kier alpha value is -1.82. The molecule has 2 rings (SSSR count). The second kappa shape index (κ2) is 6.38. The highest BCUT2D eigenvalue weighted by atomic mass is 16.5. The number of anilines is 2. The second-order valence-electron chi connectivity index (χ2n) is 4.59. The third kappa shape index (κ3) is 3.57. The van der Waals surface area contributed by atoms with Crippen LogP contribution < -0.4 is 11.1 Å². The van der Waals surface area contributed by atoms with Crippen LogP contribution in [0.3, 0.4) is 0 Å². The molecule has 3 N–H and O–H groups in total. The maximum Gasteiger partial charge on any atom is 0.341 e. The Kier molecular flexibility index (Phi) is 4.57. The first kappa shape index (κ1) is 13.6. The van der Waals surface area contributed by atoms with Crippen molar-refractivity contribution in [1.82, 2.24) is 4.98 Å². The van der Waals surface area contributed by atoms with Crippen LogP contribution in [0, 0.1) is 5.92 Å². The fourth-order valence-corrected chi connectivity index (χ4v) is 2.08. The van der Waals surface area contributed by atoms with Crippen molar-refractivity contribution in [2.45, 2.75) is 12.8 Å². The van der Waals surface area contributed by atoms with E-state index in [4.69, 9.17) is 15.2 Å². The molecule has 0 atom stereocenters. The van der Waals surface area contributed by atoms with Crippen LogP contribution in [0.1, 0.15) is 23.2 Å². The van der Waals surface area contributed by atoms with Crippen molar-refractivity contribution in [3.63, 3.8) is 0 Å². The standard InChI is InChI=1S/C13H19N3O3/c1-18-13(17)11-6-10(14)8-16-12(11)15-7-9-2-4-19-5-3-9/h6,8-9H,2-5,7,14H2,1H3,(H,15,16). The number of nitrogens with zero attached hydrogens (tertiary/aromatic N) is 1. The molecule has 6 heteroatoms. The van der Waals surface area contributed by atoms with Gasteiger partial charge in [0.15, 0.2) is 0 Å². The summed E-state index contributed by atoms with van der Waals surface area (Å²) in [6.07, 6.45) is 3.57. The van der Waals surface area contributed by atoms with Gasteiger partial charge >= 0.3 is 5.97 Å². The van der Waals surface area contributed by atoms with Crippen molar-refractivity contribution in [3.8, 4) is 0 Å². The number of carbonyl (C=O) groups is 1. The van der Waals surface area contributed by atoms with Crippen molar-refractivity contribution >= 4 is 17.5 Å². The van der Waals surface area contributed by atoms with E-state index in [1.54, 1.807) is 6.07 Å². The Morgan fingerprint density at radius 3 is 3.00 bits per heavy atom. The van der Waals surface area contributed by atoms with Crippen molar-refractivity contribution in [2.24, 2.45) is 5.92 Å². The fourth-order valence-electron chi connectivity index (χ4n) is 2.08. The molecule has 0 aliphatic carbocycles. The quantitative estimate of drug-likeness (QED) is 0.798. The van der Waals surface area contributed by atoms with Crippen LogP contribution in [0.2, 0.25) is 0 Å². The monoisotopic (exact) mass is 265 g/mol. The average Bonchev–Trinajstić information content (AvgIpc) is 2.46. The minimum Gasteiger partial charge on any atom is -0.465 e. The summed E-state index contributed by atoms with van der Waals surface area (Å²) in [4.78, 5) is 15.8. The van der Waals surface area contributed by atoms with E-state index in [-0.39, 0.29) is 0 Å². The molecule has 19 heavy (non-hydrogen) atoms. The normalized spacial score (nSPS) is 16.1. The summed E-state index contributed by atoms with van der Waals surface area (Å²) in [6.45, 7) is 2.36. The third-order valence-corrected chi connectivity index (χ3v) is 3.21. The fraction of sp³-hybridized carbons (Fsp3) is 0.538. The molecule has 1 saturated heterocycles. The first-order valence-corrected chi connectivity index (χ1v) is 6.36. The summed E-state index contributed by atoms with van der Waals surface area (Å²) in [5.41, 5.74) is 6.46. The molecule has 0 radical (unpaired) electrons. The SMILES string of the molecule is COC(=O)c1cc(N)cnc1NCC1CCOCC1. The molecule has 0 unspecified atom stereocenters. The maximum atomic E-state index is 11.7. The van der Waals surface area contributed by atoms with E-state index >= 15 is 0 Å². The van der Waals surface area contributed by atoms with Crippen LogP contribution >= 0.6 is 0 Å². The summed E-state index contributed by atoms with van der Waals surface area (Å²) in [7, 11) is 1.34. The second-order valence-corrected chi connectivity index (χ2v) is 4.59. The van der Waals surface area contributed by atoms with E-state index in [0.29, 0.717) is 23.0 Å². The Bertz CT molecular complexity index is 445. The summed E-state index contributed by atoms with van der Waals surface area (Å²) >= 11 is 0.